The summed E-state index contributed by atoms with van der Waals surface area (Å²) in [6.45, 7) is 0.426. The highest BCUT2D eigenvalue weighted by atomic mass is 32.2. The highest BCUT2D eigenvalue weighted by molar-refractivity contribution is 7.99. The monoisotopic (exact) mass is 306 g/mol. The summed E-state index contributed by atoms with van der Waals surface area (Å²) >= 11 is 1.60. The van der Waals surface area contributed by atoms with Crippen molar-refractivity contribution < 1.29 is 13.6 Å². The van der Waals surface area contributed by atoms with E-state index in [1.54, 1.807) is 23.9 Å². The van der Waals surface area contributed by atoms with Crippen LogP contribution in [0.15, 0.2) is 41.3 Å². The molecule has 0 bridgehead atoms. The zero-order valence-electron chi connectivity index (χ0n) is 11.0. The van der Waals surface area contributed by atoms with Gasteiger partial charge in [0.25, 0.3) is 5.91 Å². The maximum Gasteiger partial charge on any atom is 0.261 e. The van der Waals surface area contributed by atoms with E-state index in [0.29, 0.717) is 23.7 Å². The molecule has 2 N–H and O–H groups in total. The molecule has 0 saturated carbocycles. The molecule has 1 aliphatic heterocycles. The Morgan fingerprint density at radius 3 is 2.81 bits per heavy atom. The van der Waals surface area contributed by atoms with Gasteiger partial charge in [0.1, 0.15) is 11.6 Å². The van der Waals surface area contributed by atoms with E-state index < -0.39 is 17.5 Å². The van der Waals surface area contributed by atoms with Gasteiger partial charge in [0.05, 0.1) is 11.3 Å². The number of thioether (sulfide) groups is 1. The molecule has 108 valence electrons. The summed E-state index contributed by atoms with van der Waals surface area (Å²) in [5, 5.41) is 0. The summed E-state index contributed by atoms with van der Waals surface area (Å²) in [6, 6.07) is 8.13. The summed E-state index contributed by atoms with van der Waals surface area (Å²) in [7, 11) is 0. The fraction of sp³-hybridized carbons (Fsp3) is 0.133. The number of halogens is 2. The van der Waals surface area contributed by atoms with E-state index >= 15 is 0 Å². The normalized spacial score (nSPS) is 13.9. The lowest BCUT2D eigenvalue weighted by Crippen LogP contribution is -2.36. The van der Waals surface area contributed by atoms with Crippen molar-refractivity contribution in [3.63, 3.8) is 0 Å². The third-order valence-corrected chi connectivity index (χ3v) is 4.29. The van der Waals surface area contributed by atoms with E-state index in [9.17, 15) is 13.6 Å². The first-order chi connectivity index (χ1) is 10.1. The second kappa shape index (κ2) is 5.37. The van der Waals surface area contributed by atoms with Gasteiger partial charge in [-0.15, -0.1) is 11.8 Å². The first-order valence-electron chi connectivity index (χ1n) is 6.35. The van der Waals surface area contributed by atoms with Gasteiger partial charge in [-0.3, -0.25) is 4.79 Å². The molecule has 0 aliphatic carbocycles. The van der Waals surface area contributed by atoms with E-state index in [4.69, 9.17) is 5.73 Å². The standard InChI is InChI=1S/C15H12F2N2OS/c16-9-1-3-12(17)11(7-9)15(20)19-5-6-21-14-4-2-10(18)8-13(14)19/h1-4,7-8H,5-6,18H2. The first kappa shape index (κ1) is 13.9. The highest BCUT2D eigenvalue weighted by Gasteiger charge is 2.26. The fourth-order valence-corrected chi connectivity index (χ4v) is 3.23. The van der Waals surface area contributed by atoms with Crippen LogP contribution in [0.5, 0.6) is 0 Å². The number of nitrogens with zero attached hydrogens (tertiary/aromatic N) is 1. The molecule has 0 radical (unpaired) electrons. The maximum atomic E-state index is 13.8. The number of nitrogen functional groups attached to an aromatic ring is 1. The fourth-order valence-electron chi connectivity index (χ4n) is 2.25. The number of hydrogen-bond donors (Lipinski definition) is 1. The Bertz CT molecular complexity index is 721. The van der Waals surface area contributed by atoms with Crippen molar-refractivity contribution in [3.05, 3.63) is 53.6 Å². The number of nitrogens with two attached hydrogens (primary N) is 1. The molecule has 0 aromatic heterocycles. The summed E-state index contributed by atoms with van der Waals surface area (Å²) in [4.78, 5) is 14.9. The largest absolute Gasteiger partial charge is 0.399 e. The molecule has 0 fully saturated rings. The maximum absolute atomic E-state index is 13.8. The summed E-state index contributed by atoms with van der Waals surface area (Å²) in [6.07, 6.45) is 0. The Hall–Kier alpha value is -2.08. The van der Waals surface area contributed by atoms with Crippen LogP contribution in [-0.4, -0.2) is 18.2 Å². The molecule has 3 rings (SSSR count). The Morgan fingerprint density at radius 2 is 2.00 bits per heavy atom. The molecule has 0 unspecified atom stereocenters. The third-order valence-electron chi connectivity index (χ3n) is 3.25. The molecule has 0 atom stereocenters. The summed E-state index contributed by atoms with van der Waals surface area (Å²) < 4.78 is 27.1. The Balaban J connectivity index is 2.04. The molecule has 1 aliphatic rings. The van der Waals surface area contributed by atoms with Gasteiger partial charge in [0, 0.05) is 22.9 Å². The van der Waals surface area contributed by atoms with E-state index in [0.717, 1.165) is 23.1 Å². The van der Waals surface area contributed by atoms with Gasteiger partial charge in [-0.2, -0.15) is 0 Å². The zero-order valence-corrected chi connectivity index (χ0v) is 11.8. The second-order valence-corrected chi connectivity index (χ2v) is 5.79. The van der Waals surface area contributed by atoms with Crippen LogP contribution in [0.3, 0.4) is 0 Å². The minimum Gasteiger partial charge on any atom is -0.399 e. The molecule has 6 heteroatoms. The van der Waals surface area contributed by atoms with Crippen LogP contribution in [0.4, 0.5) is 20.2 Å². The van der Waals surface area contributed by atoms with Crippen molar-refractivity contribution >= 4 is 29.0 Å². The van der Waals surface area contributed by atoms with Crippen LogP contribution >= 0.6 is 11.8 Å². The summed E-state index contributed by atoms with van der Waals surface area (Å²) in [5.41, 5.74) is 6.65. The van der Waals surface area contributed by atoms with Gasteiger partial charge >= 0.3 is 0 Å². The molecule has 1 amide bonds. The number of hydrogen-bond acceptors (Lipinski definition) is 3. The number of fused-ring (bicyclic) bond motifs is 1. The first-order valence-corrected chi connectivity index (χ1v) is 7.34. The quantitative estimate of drug-likeness (QED) is 0.822. The lowest BCUT2D eigenvalue weighted by molar-refractivity contribution is 0.0983. The highest BCUT2D eigenvalue weighted by Crippen LogP contribution is 2.36. The molecule has 1 heterocycles. The molecule has 21 heavy (non-hydrogen) atoms. The SMILES string of the molecule is Nc1ccc2c(c1)N(C(=O)c1cc(F)ccc1F)CCS2. The van der Waals surface area contributed by atoms with Crippen molar-refractivity contribution in [1.82, 2.24) is 0 Å². The van der Waals surface area contributed by atoms with Gasteiger partial charge in [-0.05, 0) is 36.4 Å². The van der Waals surface area contributed by atoms with Gasteiger partial charge in [-0.1, -0.05) is 0 Å². The third kappa shape index (κ3) is 2.58. The average Bonchev–Trinajstić information content (AvgIpc) is 2.48. The van der Waals surface area contributed by atoms with Gasteiger partial charge < -0.3 is 10.6 Å². The van der Waals surface area contributed by atoms with Crippen molar-refractivity contribution in [3.8, 4) is 0 Å². The van der Waals surface area contributed by atoms with Crippen molar-refractivity contribution in [2.24, 2.45) is 0 Å². The molecular formula is C15H12F2N2OS. The lowest BCUT2D eigenvalue weighted by atomic mass is 10.1. The predicted molar refractivity (Wildman–Crippen MR) is 79.6 cm³/mol. The molecule has 0 saturated heterocycles. The van der Waals surface area contributed by atoms with Crippen LogP contribution in [0.2, 0.25) is 0 Å². The number of amides is 1. The number of benzene rings is 2. The number of carbonyl (C=O) groups excluding carboxylic acids is 1. The second-order valence-electron chi connectivity index (χ2n) is 4.66. The van der Waals surface area contributed by atoms with Crippen molar-refractivity contribution in [2.75, 3.05) is 22.9 Å². The Morgan fingerprint density at radius 1 is 1.19 bits per heavy atom. The molecule has 0 spiro atoms. The van der Waals surface area contributed by atoms with Crippen molar-refractivity contribution in [1.29, 1.82) is 0 Å². The van der Waals surface area contributed by atoms with Crippen LogP contribution < -0.4 is 10.6 Å². The minimum absolute atomic E-state index is 0.268. The number of anilines is 2. The van der Waals surface area contributed by atoms with E-state index in [1.807, 2.05) is 6.07 Å². The van der Waals surface area contributed by atoms with E-state index in [-0.39, 0.29) is 5.56 Å². The number of rotatable bonds is 1. The van der Waals surface area contributed by atoms with Crippen LogP contribution in [0, 0.1) is 11.6 Å². The van der Waals surface area contributed by atoms with Crippen LogP contribution in [-0.2, 0) is 0 Å². The average molecular weight is 306 g/mol. The lowest BCUT2D eigenvalue weighted by Gasteiger charge is -2.29. The molecule has 3 nitrogen and oxygen atoms in total. The van der Waals surface area contributed by atoms with Crippen LogP contribution in [0.25, 0.3) is 0 Å². The molecule has 2 aromatic carbocycles. The van der Waals surface area contributed by atoms with Gasteiger partial charge in [0.15, 0.2) is 0 Å². The Labute approximate surface area is 124 Å². The minimum atomic E-state index is -0.731. The van der Waals surface area contributed by atoms with Crippen LogP contribution in [0.1, 0.15) is 10.4 Å². The Kier molecular flexibility index (Phi) is 3.55. The topological polar surface area (TPSA) is 46.3 Å². The smallest absolute Gasteiger partial charge is 0.261 e. The van der Waals surface area contributed by atoms with E-state index in [2.05, 4.69) is 0 Å². The van der Waals surface area contributed by atoms with Gasteiger partial charge in [-0.25, -0.2) is 8.78 Å². The molecule has 2 aromatic rings. The van der Waals surface area contributed by atoms with E-state index in [1.165, 1.54) is 4.90 Å². The molecular weight excluding hydrogens is 294 g/mol. The zero-order chi connectivity index (χ0) is 15.0. The van der Waals surface area contributed by atoms with Gasteiger partial charge in [0.2, 0.25) is 0 Å². The van der Waals surface area contributed by atoms with Crippen molar-refractivity contribution in [2.45, 2.75) is 4.90 Å². The predicted octanol–water partition coefficient (Wildman–Crippen LogP) is 3.30. The number of carbonyl (C=O) groups is 1. The summed E-state index contributed by atoms with van der Waals surface area (Å²) in [5.74, 6) is -1.23.